The van der Waals surface area contributed by atoms with Crippen LogP contribution in [0.2, 0.25) is 0 Å². The van der Waals surface area contributed by atoms with E-state index in [2.05, 4.69) is 22.3 Å². The summed E-state index contributed by atoms with van der Waals surface area (Å²) < 4.78 is 0. The van der Waals surface area contributed by atoms with Gasteiger partial charge in [0.2, 0.25) is 5.91 Å². The summed E-state index contributed by atoms with van der Waals surface area (Å²) in [6.07, 6.45) is 3.51. The van der Waals surface area contributed by atoms with Crippen molar-refractivity contribution in [3.8, 4) is 0 Å². The first-order valence-electron chi connectivity index (χ1n) is 9.08. The van der Waals surface area contributed by atoms with Gasteiger partial charge in [-0.05, 0) is 43.4 Å². The van der Waals surface area contributed by atoms with Gasteiger partial charge >= 0.3 is 0 Å². The number of nitrogens with one attached hydrogen (secondary N) is 1. The standard InChI is InChI=1S/C19H27N3O3/c1-15(23)22-12-4-9-19(25,14-22)18(24)20-13-16-5-7-17(8-6-16)21-10-2-3-11-21/h5-8,25H,2-4,9-14H2,1H3,(H,20,24)/t19-/m0/s1. The first-order chi connectivity index (χ1) is 12.0. The lowest BCUT2D eigenvalue weighted by Gasteiger charge is -2.37. The van der Waals surface area contributed by atoms with Crippen molar-refractivity contribution in [1.82, 2.24) is 10.2 Å². The molecule has 2 saturated heterocycles. The van der Waals surface area contributed by atoms with Gasteiger partial charge in [0.25, 0.3) is 5.91 Å². The van der Waals surface area contributed by atoms with Crippen LogP contribution in [0.3, 0.4) is 0 Å². The third kappa shape index (κ3) is 4.12. The van der Waals surface area contributed by atoms with Gasteiger partial charge in [-0.3, -0.25) is 9.59 Å². The molecule has 6 heteroatoms. The van der Waals surface area contributed by atoms with Crippen molar-refractivity contribution in [3.63, 3.8) is 0 Å². The predicted octanol–water partition coefficient (Wildman–Crippen LogP) is 1.28. The number of carbonyl (C=O) groups is 2. The number of aliphatic hydroxyl groups is 1. The first kappa shape index (κ1) is 17.7. The van der Waals surface area contributed by atoms with Crippen LogP contribution in [0, 0.1) is 0 Å². The fourth-order valence-electron chi connectivity index (χ4n) is 3.64. The number of carbonyl (C=O) groups excluding carboxylic acids is 2. The maximum atomic E-state index is 12.4. The lowest BCUT2D eigenvalue weighted by molar-refractivity contribution is -0.150. The third-order valence-corrected chi connectivity index (χ3v) is 5.20. The zero-order chi connectivity index (χ0) is 17.9. The van der Waals surface area contributed by atoms with Gasteiger partial charge in [0.1, 0.15) is 0 Å². The van der Waals surface area contributed by atoms with Crippen LogP contribution in [-0.4, -0.2) is 53.6 Å². The second-order valence-electron chi connectivity index (χ2n) is 7.12. The summed E-state index contributed by atoms with van der Waals surface area (Å²) in [7, 11) is 0. The van der Waals surface area contributed by atoms with Gasteiger partial charge in [0.15, 0.2) is 5.60 Å². The van der Waals surface area contributed by atoms with E-state index in [1.54, 1.807) is 0 Å². The molecule has 0 spiro atoms. The van der Waals surface area contributed by atoms with Gasteiger partial charge in [-0.15, -0.1) is 0 Å². The van der Waals surface area contributed by atoms with Crippen LogP contribution in [0.4, 0.5) is 5.69 Å². The van der Waals surface area contributed by atoms with Gasteiger partial charge < -0.3 is 20.2 Å². The van der Waals surface area contributed by atoms with E-state index in [1.807, 2.05) is 12.1 Å². The van der Waals surface area contributed by atoms with E-state index in [0.29, 0.717) is 25.9 Å². The van der Waals surface area contributed by atoms with E-state index in [9.17, 15) is 14.7 Å². The topological polar surface area (TPSA) is 72.9 Å². The monoisotopic (exact) mass is 345 g/mol. The number of piperidine rings is 1. The van der Waals surface area contributed by atoms with Crippen LogP contribution in [-0.2, 0) is 16.1 Å². The summed E-state index contributed by atoms with van der Waals surface area (Å²) >= 11 is 0. The molecule has 2 fully saturated rings. The Labute approximate surface area is 148 Å². The normalized spacial score (nSPS) is 23.6. The van der Waals surface area contributed by atoms with Gasteiger partial charge in [0, 0.05) is 38.8 Å². The number of amides is 2. The molecule has 2 heterocycles. The molecule has 0 saturated carbocycles. The molecule has 6 nitrogen and oxygen atoms in total. The number of nitrogens with zero attached hydrogens (tertiary/aromatic N) is 2. The fraction of sp³-hybridized carbons (Fsp3) is 0.579. The summed E-state index contributed by atoms with van der Waals surface area (Å²) in [6.45, 7) is 4.73. The van der Waals surface area contributed by atoms with Crippen molar-refractivity contribution in [2.24, 2.45) is 0 Å². The Bertz CT molecular complexity index is 625. The van der Waals surface area contributed by atoms with E-state index in [4.69, 9.17) is 0 Å². The maximum Gasteiger partial charge on any atom is 0.254 e. The fourth-order valence-corrected chi connectivity index (χ4v) is 3.64. The average Bonchev–Trinajstić information content (AvgIpc) is 3.14. The largest absolute Gasteiger partial charge is 0.378 e. The van der Waals surface area contributed by atoms with E-state index in [1.165, 1.54) is 30.4 Å². The van der Waals surface area contributed by atoms with Crippen LogP contribution in [0.5, 0.6) is 0 Å². The van der Waals surface area contributed by atoms with Crippen LogP contribution in [0.1, 0.15) is 38.2 Å². The number of hydrogen-bond donors (Lipinski definition) is 2. The molecule has 0 aromatic heterocycles. The number of anilines is 1. The maximum absolute atomic E-state index is 12.4. The minimum atomic E-state index is -1.49. The van der Waals surface area contributed by atoms with E-state index < -0.39 is 11.5 Å². The molecule has 2 aliphatic heterocycles. The molecule has 0 aliphatic carbocycles. The molecule has 0 radical (unpaired) electrons. The lowest BCUT2D eigenvalue weighted by Crippen LogP contribution is -2.57. The van der Waals surface area contributed by atoms with Crippen LogP contribution < -0.4 is 10.2 Å². The minimum Gasteiger partial charge on any atom is -0.378 e. The van der Waals surface area contributed by atoms with Crippen molar-refractivity contribution in [1.29, 1.82) is 0 Å². The molecule has 1 aromatic carbocycles. The van der Waals surface area contributed by atoms with Crippen molar-refractivity contribution < 1.29 is 14.7 Å². The smallest absolute Gasteiger partial charge is 0.254 e. The Morgan fingerprint density at radius 2 is 1.80 bits per heavy atom. The quantitative estimate of drug-likeness (QED) is 0.862. The van der Waals surface area contributed by atoms with Gasteiger partial charge in [-0.2, -0.15) is 0 Å². The third-order valence-electron chi connectivity index (χ3n) is 5.20. The summed E-state index contributed by atoms with van der Waals surface area (Å²) in [4.78, 5) is 27.8. The second kappa shape index (κ2) is 7.44. The van der Waals surface area contributed by atoms with Gasteiger partial charge in [-0.1, -0.05) is 12.1 Å². The highest BCUT2D eigenvalue weighted by Crippen LogP contribution is 2.23. The Balaban J connectivity index is 1.55. The van der Waals surface area contributed by atoms with Crippen molar-refractivity contribution in [3.05, 3.63) is 29.8 Å². The Morgan fingerprint density at radius 1 is 1.12 bits per heavy atom. The zero-order valence-electron chi connectivity index (χ0n) is 14.8. The predicted molar refractivity (Wildman–Crippen MR) is 96.2 cm³/mol. The van der Waals surface area contributed by atoms with Gasteiger partial charge in [-0.25, -0.2) is 0 Å². The molecule has 3 rings (SSSR count). The molecule has 2 aliphatic rings. The summed E-state index contributed by atoms with van der Waals surface area (Å²) in [5.41, 5.74) is 0.731. The molecule has 25 heavy (non-hydrogen) atoms. The van der Waals surface area contributed by atoms with Crippen molar-refractivity contribution in [2.45, 2.75) is 44.8 Å². The molecule has 2 amide bonds. The molecular weight excluding hydrogens is 318 g/mol. The number of rotatable bonds is 4. The highest BCUT2D eigenvalue weighted by molar-refractivity contribution is 5.86. The molecule has 0 unspecified atom stereocenters. The molecule has 1 atom stereocenters. The average molecular weight is 345 g/mol. The SMILES string of the molecule is CC(=O)N1CCC[C@@](O)(C(=O)NCc2ccc(N3CCCC3)cc2)C1. The molecular formula is C19H27N3O3. The minimum absolute atomic E-state index is 0.0715. The zero-order valence-corrected chi connectivity index (χ0v) is 14.8. The van der Waals surface area contributed by atoms with Crippen LogP contribution in [0.15, 0.2) is 24.3 Å². The van der Waals surface area contributed by atoms with E-state index in [0.717, 1.165) is 18.7 Å². The Hall–Kier alpha value is -2.08. The first-order valence-corrected chi connectivity index (χ1v) is 9.08. The van der Waals surface area contributed by atoms with Crippen LogP contribution in [0.25, 0.3) is 0 Å². The van der Waals surface area contributed by atoms with E-state index in [-0.39, 0.29) is 12.5 Å². The number of hydrogen-bond acceptors (Lipinski definition) is 4. The Morgan fingerprint density at radius 3 is 2.44 bits per heavy atom. The molecule has 136 valence electrons. The molecule has 1 aromatic rings. The summed E-state index contributed by atoms with van der Waals surface area (Å²) in [5, 5.41) is 13.4. The highest BCUT2D eigenvalue weighted by atomic mass is 16.3. The lowest BCUT2D eigenvalue weighted by atomic mass is 9.91. The number of β-amino-alcohol motifs (C(OH)–C–C–N with tert-alkyl or cyclic N) is 1. The number of benzene rings is 1. The molecule has 2 N–H and O–H groups in total. The summed E-state index contributed by atoms with van der Waals surface area (Å²) in [6, 6.07) is 8.20. The Kier molecular flexibility index (Phi) is 5.27. The van der Waals surface area contributed by atoms with Gasteiger partial charge in [0.05, 0.1) is 6.54 Å². The number of likely N-dealkylation sites (tertiary alicyclic amines) is 1. The van der Waals surface area contributed by atoms with Crippen molar-refractivity contribution >= 4 is 17.5 Å². The van der Waals surface area contributed by atoms with E-state index >= 15 is 0 Å². The van der Waals surface area contributed by atoms with Crippen LogP contribution >= 0.6 is 0 Å². The molecule has 0 bridgehead atoms. The van der Waals surface area contributed by atoms with Crippen molar-refractivity contribution in [2.75, 3.05) is 31.1 Å². The second-order valence-corrected chi connectivity index (χ2v) is 7.12. The highest BCUT2D eigenvalue weighted by Gasteiger charge is 2.40. The summed E-state index contributed by atoms with van der Waals surface area (Å²) in [5.74, 6) is -0.509.